The van der Waals surface area contributed by atoms with Crippen molar-refractivity contribution in [2.75, 3.05) is 5.73 Å². The molecule has 3 heteroatoms. The molecule has 0 aliphatic carbocycles. The Balaban J connectivity index is 3.13. The number of hydrogen-bond acceptors (Lipinski definition) is 3. The minimum absolute atomic E-state index is 0.413. The number of nitrogens with zero attached hydrogens (tertiary/aromatic N) is 1. The Morgan fingerprint density at radius 3 is 3.00 bits per heavy atom. The van der Waals surface area contributed by atoms with Crippen LogP contribution in [0, 0.1) is 18.8 Å². The Hall–Kier alpha value is -1.82. The summed E-state index contributed by atoms with van der Waals surface area (Å²) in [7, 11) is 0. The van der Waals surface area contributed by atoms with Gasteiger partial charge in [0, 0.05) is 0 Å². The first kappa shape index (κ1) is 8.28. The molecular formula is C9H8N2O. The minimum atomic E-state index is 0.413. The molecular weight excluding hydrogens is 152 g/mol. The summed E-state index contributed by atoms with van der Waals surface area (Å²) in [6.45, 7) is 1.86. The van der Waals surface area contributed by atoms with Crippen LogP contribution >= 0.6 is 0 Å². The standard InChI is InChI=1S/C9H8N2O/c1-7-4-5-9(10)11-8(7)3-2-6-12/h4-6H,1H3,(H2,10,11). The first-order valence-electron chi connectivity index (χ1n) is 3.42. The fourth-order valence-electron chi connectivity index (χ4n) is 0.768. The van der Waals surface area contributed by atoms with Gasteiger partial charge >= 0.3 is 0 Å². The molecule has 0 aliphatic heterocycles. The Labute approximate surface area is 70.6 Å². The number of carbonyl (C=O) groups is 1. The van der Waals surface area contributed by atoms with Crippen LogP contribution in [0.1, 0.15) is 11.3 Å². The Morgan fingerprint density at radius 1 is 1.58 bits per heavy atom. The molecule has 0 unspecified atom stereocenters. The van der Waals surface area contributed by atoms with Gasteiger partial charge in [-0.1, -0.05) is 6.07 Å². The summed E-state index contributed by atoms with van der Waals surface area (Å²) in [6.07, 6.45) is 0.532. The molecule has 0 radical (unpaired) electrons. The largest absolute Gasteiger partial charge is 0.384 e. The van der Waals surface area contributed by atoms with Crippen LogP contribution in [0.2, 0.25) is 0 Å². The molecule has 0 amide bonds. The second-order valence-electron chi connectivity index (χ2n) is 2.29. The molecule has 0 fully saturated rings. The summed E-state index contributed by atoms with van der Waals surface area (Å²) >= 11 is 0. The maximum Gasteiger partial charge on any atom is 0.193 e. The van der Waals surface area contributed by atoms with Gasteiger partial charge in [-0.05, 0) is 30.4 Å². The van der Waals surface area contributed by atoms with Crippen molar-refractivity contribution < 1.29 is 4.79 Å². The van der Waals surface area contributed by atoms with Gasteiger partial charge < -0.3 is 5.73 Å². The van der Waals surface area contributed by atoms with Gasteiger partial charge in [0.1, 0.15) is 11.5 Å². The lowest BCUT2D eigenvalue weighted by Crippen LogP contribution is -1.94. The molecule has 1 aromatic heterocycles. The van der Waals surface area contributed by atoms with Crippen LogP contribution in [0.3, 0.4) is 0 Å². The number of nitrogens with two attached hydrogens (primary N) is 1. The molecule has 1 rings (SSSR count). The van der Waals surface area contributed by atoms with E-state index in [1.54, 1.807) is 6.07 Å². The van der Waals surface area contributed by atoms with Crippen molar-refractivity contribution in [1.82, 2.24) is 4.98 Å². The average Bonchev–Trinajstić information content (AvgIpc) is 2.07. The normalized spacial score (nSPS) is 8.42. The zero-order valence-corrected chi connectivity index (χ0v) is 6.66. The summed E-state index contributed by atoms with van der Waals surface area (Å²) in [5.74, 6) is 5.29. The van der Waals surface area contributed by atoms with Gasteiger partial charge in [0.05, 0.1) is 0 Å². The maximum atomic E-state index is 9.94. The van der Waals surface area contributed by atoms with Gasteiger partial charge in [0.2, 0.25) is 0 Å². The summed E-state index contributed by atoms with van der Waals surface area (Å²) in [6, 6.07) is 3.51. The Bertz CT molecular complexity index is 361. The number of anilines is 1. The number of rotatable bonds is 0. The number of aryl methyl sites for hydroxylation is 1. The van der Waals surface area contributed by atoms with Gasteiger partial charge in [0.15, 0.2) is 6.29 Å². The molecule has 2 N–H and O–H groups in total. The number of aldehydes is 1. The van der Waals surface area contributed by atoms with E-state index in [4.69, 9.17) is 5.73 Å². The fraction of sp³-hybridized carbons (Fsp3) is 0.111. The zero-order chi connectivity index (χ0) is 8.97. The highest BCUT2D eigenvalue weighted by Gasteiger charge is 1.95. The molecule has 0 aliphatic rings. The topological polar surface area (TPSA) is 56.0 Å². The highest BCUT2D eigenvalue weighted by Crippen LogP contribution is 2.05. The van der Waals surface area contributed by atoms with Crippen LogP contribution in [0.4, 0.5) is 5.82 Å². The molecule has 0 saturated heterocycles. The van der Waals surface area contributed by atoms with Gasteiger partial charge in [-0.2, -0.15) is 0 Å². The van der Waals surface area contributed by atoms with E-state index >= 15 is 0 Å². The van der Waals surface area contributed by atoms with Crippen molar-refractivity contribution in [3.8, 4) is 11.8 Å². The van der Waals surface area contributed by atoms with Gasteiger partial charge in [0.25, 0.3) is 0 Å². The van der Waals surface area contributed by atoms with Crippen molar-refractivity contribution in [3.63, 3.8) is 0 Å². The predicted molar refractivity (Wildman–Crippen MR) is 46.3 cm³/mol. The molecule has 12 heavy (non-hydrogen) atoms. The minimum Gasteiger partial charge on any atom is -0.384 e. The molecule has 60 valence electrons. The van der Waals surface area contributed by atoms with Gasteiger partial charge in [-0.15, -0.1) is 0 Å². The first-order chi connectivity index (χ1) is 5.74. The van der Waals surface area contributed by atoms with E-state index < -0.39 is 0 Å². The quantitative estimate of drug-likeness (QED) is 0.444. The highest BCUT2D eigenvalue weighted by atomic mass is 16.1. The molecule has 0 bridgehead atoms. The molecule has 1 aromatic rings. The Morgan fingerprint density at radius 2 is 2.33 bits per heavy atom. The number of nitrogen functional groups attached to an aromatic ring is 1. The zero-order valence-electron chi connectivity index (χ0n) is 6.66. The first-order valence-corrected chi connectivity index (χ1v) is 3.42. The average molecular weight is 160 g/mol. The summed E-state index contributed by atoms with van der Waals surface area (Å²) in [5, 5.41) is 0. The van der Waals surface area contributed by atoms with E-state index in [-0.39, 0.29) is 0 Å². The van der Waals surface area contributed by atoms with E-state index in [1.807, 2.05) is 13.0 Å². The van der Waals surface area contributed by atoms with Crippen LogP contribution in [-0.2, 0) is 4.79 Å². The highest BCUT2D eigenvalue weighted by molar-refractivity contribution is 5.73. The van der Waals surface area contributed by atoms with E-state index in [1.165, 1.54) is 0 Å². The fourth-order valence-corrected chi connectivity index (χ4v) is 0.768. The molecule has 3 nitrogen and oxygen atoms in total. The van der Waals surface area contributed by atoms with E-state index in [0.29, 0.717) is 17.8 Å². The monoisotopic (exact) mass is 160 g/mol. The lowest BCUT2D eigenvalue weighted by atomic mass is 10.2. The van der Waals surface area contributed by atoms with Crippen molar-refractivity contribution in [1.29, 1.82) is 0 Å². The lowest BCUT2D eigenvalue weighted by Gasteiger charge is -1.96. The van der Waals surface area contributed by atoms with Crippen molar-refractivity contribution in [2.45, 2.75) is 6.92 Å². The van der Waals surface area contributed by atoms with E-state index in [0.717, 1.165) is 5.56 Å². The predicted octanol–water partition coefficient (Wildman–Crippen LogP) is 0.523. The summed E-state index contributed by atoms with van der Waals surface area (Å²) in [5.41, 5.74) is 6.90. The van der Waals surface area contributed by atoms with Crippen molar-refractivity contribution >= 4 is 12.1 Å². The smallest absolute Gasteiger partial charge is 0.193 e. The third-order valence-corrected chi connectivity index (χ3v) is 1.37. The van der Waals surface area contributed by atoms with Crippen LogP contribution in [-0.4, -0.2) is 11.3 Å². The third kappa shape index (κ3) is 1.83. The second kappa shape index (κ2) is 3.54. The van der Waals surface area contributed by atoms with Gasteiger partial charge in [-0.3, -0.25) is 4.79 Å². The van der Waals surface area contributed by atoms with Gasteiger partial charge in [-0.25, -0.2) is 4.98 Å². The van der Waals surface area contributed by atoms with Crippen LogP contribution in [0.15, 0.2) is 12.1 Å². The molecule has 0 atom stereocenters. The maximum absolute atomic E-state index is 9.94. The van der Waals surface area contributed by atoms with Crippen LogP contribution in [0.5, 0.6) is 0 Å². The molecule has 0 saturated carbocycles. The number of hydrogen-bond donors (Lipinski definition) is 1. The summed E-state index contributed by atoms with van der Waals surface area (Å²) < 4.78 is 0. The Kier molecular flexibility index (Phi) is 2.44. The second-order valence-corrected chi connectivity index (χ2v) is 2.29. The van der Waals surface area contributed by atoms with E-state index in [2.05, 4.69) is 16.8 Å². The van der Waals surface area contributed by atoms with Crippen molar-refractivity contribution in [3.05, 3.63) is 23.4 Å². The molecule has 0 spiro atoms. The number of carbonyl (C=O) groups excluding carboxylic acids is 1. The number of aromatic nitrogens is 1. The van der Waals surface area contributed by atoms with Crippen LogP contribution in [0.25, 0.3) is 0 Å². The lowest BCUT2D eigenvalue weighted by molar-refractivity contribution is -0.103. The third-order valence-electron chi connectivity index (χ3n) is 1.37. The van der Waals surface area contributed by atoms with Crippen LogP contribution < -0.4 is 5.73 Å². The van der Waals surface area contributed by atoms with E-state index in [9.17, 15) is 4.79 Å². The summed E-state index contributed by atoms with van der Waals surface area (Å²) in [4.78, 5) is 13.9. The number of pyridine rings is 1. The molecule has 0 aromatic carbocycles. The molecule has 1 heterocycles. The SMILES string of the molecule is Cc1ccc(N)nc1C#CC=O. The van der Waals surface area contributed by atoms with Crippen molar-refractivity contribution in [2.24, 2.45) is 0 Å².